The van der Waals surface area contributed by atoms with Gasteiger partial charge < -0.3 is 5.48 Å². The van der Waals surface area contributed by atoms with Gasteiger partial charge in [-0.05, 0) is 0 Å². The third-order valence-electron chi connectivity index (χ3n) is 1.68. The summed E-state index contributed by atoms with van der Waals surface area (Å²) in [4.78, 5) is 12.7. The summed E-state index contributed by atoms with van der Waals surface area (Å²) in [5.74, 6) is -0.403. The van der Waals surface area contributed by atoms with Crippen LogP contribution in [0.5, 0.6) is 0 Å². The Kier molecular flexibility index (Phi) is 6.90. The Morgan fingerprint density at radius 1 is 1.62 bits per heavy atom. The molecule has 1 N–H and O–H groups in total. The summed E-state index contributed by atoms with van der Waals surface area (Å²) in [5.41, 5.74) is 1.05. The summed E-state index contributed by atoms with van der Waals surface area (Å²) in [7, 11) is 1.33. The fraction of sp³-hybridized carbons (Fsp3) is 0.0909. The van der Waals surface area contributed by atoms with Crippen molar-refractivity contribution < 1.29 is 30.0 Å². The number of methoxy groups -OCH3 is 1. The van der Waals surface area contributed by atoms with Crippen molar-refractivity contribution in [3.8, 4) is 0 Å². The minimum absolute atomic E-state index is 0. The van der Waals surface area contributed by atoms with Crippen LogP contribution in [-0.4, -0.2) is 23.5 Å². The van der Waals surface area contributed by atoms with Gasteiger partial charge in [-0.1, -0.05) is 0 Å². The van der Waals surface area contributed by atoms with Crippen molar-refractivity contribution in [1.82, 2.24) is 0 Å². The van der Waals surface area contributed by atoms with Gasteiger partial charge in [0.05, 0.1) is 0 Å². The number of benzene rings is 1. The maximum atomic E-state index is 11.2. The molecule has 0 fully saturated rings. The first-order valence-electron chi connectivity index (χ1n) is 4.05. The van der Waals surface area contributed by atoms with Crippen molar-refractivity contribution in [2.45, 2.75) is 0 Å². The molecule has 0 heterocycles. The Morgan fingerprint density at radius 2 is 2.31 bits per heavy atom. The fourth-order valence-electron chi connectivity index (χ4n) is 0.985. The molecule has 0 saturated heterocycles. The molecule has 0 aliphatic carbocycles. The molecule has 0 aliphatic heterocycles. The van der Waals surface area contributed by atoms with Gasteiger partial charge in [-0.2, -0.15) is 0 Å². The monoisotopic (exact) mass is 282 g/mol. The van der Waals surface area contributed by atoms with Gasteiger partial charge in [0.25, 0.3) is 0 Å². The summed E-state index contributed by atoms with van der Waals surface area (Å²) < 4.78 is 4.59. The van der Waals surface area contributed by atoms with Crippen LogP contribution in [0.25, 0.3) is 5.03 Å². The summed E-state index contributed by atoms with van der Waals surface area (Å²) in [5, 5.41) is 0.451. The topological polar surface area (TPSA) is 56.3 Å². The van der Waals surface area contributed by atoms with E-state index in [0.717, 1.165) is 0 Å². The normalized spacial score (nSPS) is 10.4. The number of carbonyl (C=O) groups excluding carboxylic acids is 1. The van der Waals surface area contributed by atoms with Crippen LogP contribution in [0.2, 0.25) is 0 Å². The van der Waals surface area contributed by atoms with Crippen LogP contribution in [0.1, 0.15) is 15.9 Å². The number of hydrogen-bond acceptors (Lipinski definition) is 3. The largest absolute Gasteiger partial charge is 0.870 e. The van der Waals surface area contributed by atoms with Gasteiger partial charge >= 0.3 is 101 Å². The van der Waals surface area contributed by atoms with Gasteiger partial charge in [-0.15, -0.1) is 0 Å². The second-order valence-electron chi connectivity index (χ2n) is 2.60. The smallest absolute Gasteiger partial charge is 0.870 e. The van der Waals surface area contributed by atoms with Crippen LogP contribution in [0.3, 0.4) is 0 Å². The first-order valence-corrected chi connectivity index (χ1v) is 5.00. The molecule has 0 bridgehead atoms. The molecule has 0 aromatic heterocycles. The molecule has 0 spiro atoms. The zero-order chi connectivity index (χ0) is 11.3. The van der Waals surface area contributed by atoms with Crippen molar-refractivity contribution in [2.24, 2.45) is 0 Å². The number of ether oxygens (including phenoxy) is 1. The standard InChI is InChI=1S/C11H8ClO2.Ni.H2O/c1-3-10(12)8-5-4-6-9(7-8)11(13)14-2;;/h1,3-4,6-7H,2H3;;1H2/q-1;;/p-1/b10-3+;;. The second-order valence-corrected chi connectivity index (χ2v) is 3.34. The number of carbonyl (C=O) groups is 1. The van der Waals surface area contributed by atoms with Gasteiger partial charge in [-0.3, -0.25) is 0 Å². The van der Waals surface area contributed by atoms with E-state index in [-0.39, 0.29) is 5.48 Å². The van der Waals surface area contributed by atoms with E-state index in [2.05, 4.69) is 25.8 Å². The number of halogens is 1. The third-order valence-corrected chi connectivity index (χ3v) is 2.17. The first kappa shape index (κ1) is 15.0. The predicted molar refractivity (Wildman–Crippen MR) is 58.4 cm³/mol. The van der Waals surface area contributed by atoms with Crippen molar-refractivity contribution in [2.75, 3.05) is 7.11 Å². The van der Waals surface area contributed by atoms with Crippen molar-refractivity contribution in [3.05, 3.63) is 41.5 Å². The van der Waals surface area contributed by atoms with Crippen LogP contribution in [-0.2, 0) is 19.8 Å². The molecule has 1 rings (SSSR count). The van der Waals surface area contributed by atoms with Gasteiger partial charge in [0.1, 0.15) is 0 Å². The molecule has 0 amide bonds. The molecule has 0 saturated carbocycles. The van der Waals surface area contributed by atoms with Crippen molar-refractivity contribution >= 4 is 27.6 Å². The minimum atomic E-state index is -0.403. The summed E-state index contributed by atoms with van der Waals surface area (Å²) in [6, 6.07) is 7.73. The molecule has 3 nitrogen and oxygen atoms in total. The summed E-state index contributed by atoms with van der Waals surface area (Å²) >= 11 is 10.3. The molecule has 1 aromatic rings. The van der Waals surface area contributed by atoms with Crippen LogP contribution in [0, 0.1) is 6.07 Å². The molecule has 16 heavy (non-hydrogen) atoms. The number of esters is 1. The van der Waals surface area contributed by atoms with E-state index < -0.39 is 5.97 Å². The number of hydrogen-bond donors (Lipinski definition) is 0. The maximum Gasteiger partial charge on any atom is -0.870 e. The maximum absolute atomic E-state index is 11.2. The minimum Gasteiger partial charge on any atom is -0.870 e. The van der Waals surface area contributed by atoms with E-state index in [1.54, 1.807) is 24.3 Å². The van der Waals surface area contributed by atoms with Crippen LogP contribution >= 0.6 is 11.6 Å². The number of allylic oxidation sites excluding steroid dienone is 1. The molecule has 0 radical (unpaired) electrons. The Morgan fingerprint density at radius 3 is 2.88 bits per heavy atom. The Balaban J connectivity index is 0.00000225. The Hall–Kier alpha value is -0.956. The van der Waals surface area contributed by atoms with Gasteiger partial charge in [0.2, 0.25) is 0 Å². The zero-order valence-corrected chi connectivity index (χ0v) is 10.1. The Bertz CT molecular complexity index is 415. The predicted octanol–water partition coefficient (Wildman–Crippen LogP) is 2.03. The van der Waals surface area contributed by atoms with E-state index in [1.807, 2.05) is 0 Å². The number of rotatable bonds is 3. The average Bonchev–Trinajstić information content (AvgIpc) is 2.28. The van der Waals surface area contributed by atoms with E-state index in [4.69, 9.17) is 11.6 Å². The quantitative estimate of drug-likeness (QED) is 0.484. The Labute approximate surface area is 106 Å². The van der Waals surface area contributed by atoms with Crippen molar-refractivity contribution in [1.29, 1.82) is 0 Å². The van der Waals surface area contributed by atoms with Gasteiger partial charge in [0, 0.05) is 0 Å². The third kappa shape index (κ3) is 3.89. The molecule has 90 valence electrons. The first-order chi connectivity index (χ1) is 7.19. The van der Waals surface area contributed by atoms with E-state index >= 15 is 0 Å². The van der Waals surface area contributed by atoms with Gasteiger partial charge in [0.15, 0.2) is 0 Å². The molecule has 0 atom stereocenters. The molecule has 0 unspecified atom stereocenters. The van der Waals surface area contributed by atoms with Crippen LogP contribution in [0.4, 0.5) is 0 Å². The molecule has 0 aliphatic rings. The molecule has 1 aromatic carbocycles. The molecule has 5 heteroatoms. The SMILES string of the molecule is COC(=O)c1cc[c-]c(/C(Cl)=C\[CH]=[Ni])c1.[OH-]. The van der Waals surface area contributed by atoms with E-state index in [1.165, 1.54) is 12.1 Å². The second kappa shape index (κ2) is 7.34. The summed E-state index contributed by atoms with van der Waals surface area (Å²) in [6.07, 6.45) is 1.58. The van der Waals surface area contributed by atoms with Crippen LogP contribution < -0.4 is 0 Å². The van der Waals surface area contributed by atoms with Gasteiger partial charge in [-0.25, -0.2) is 0 Å². The molecular formula is C11H9ClNiO3-2. The fourth-order valence-corrected chi connectivity index (χ4v) is 1.40. The average molecular weight is 283 g/mol. The molecular weight excluding hydrogens is 274 g/mol. The van der Waals surface area contributed by atoms with Crippen molar-refractivity contribution in [3.63, 3.8) is 0 Å². The van der Waals surface area contributed by atoms with Crippen LogP contribution in [0.15, 0.2) is 24.3 Å². The zero-order valence-electron chi connectivity index (χ0n) is 8.34. The van der Waals surface area contributed by atoms with E-state index in [0.29, 0.717) is 16.2 Å². The summed E-state index contributed by atoms with van der Waals surface area (Å²) in [6.45, 7) is 0. The van der Waals surface area contributed by atoms with E-state index in [9.17, 15) is 4.79 Å².